The van der Waals surface area contributed by atoms with Crippen molar-refractivity contribution in [2.24, 2.45) is 0 Å². The lowest BCUT2D eigenvalue weighted by atomic mass is 9.97. The number of hydrogen-bond acceptors (Lipinski definition) is 2. The minimum Gasteiger partial charge on any atom is -0.507 e. The molecule has 3 aromatic carbocycles. The van der Waals surface area contributed by atoms with Crippen molar-refractivity contribution in [3.63, 3.8) is 0 Å². The molecule has 242 valence electrons. The molecule has 44 heavy (non-hydrogen) atoms. The summed E-state index contributed by atoms with van der Waals surface area (Å²) in [5, 5.41) is 11.1. The molecule has 3 rings (SSSR count). The number of rotatable bonds is 26. The molecule has 2 heteroatoms. The second-order valence-electron chi connectivity index (χ2n) is 12.9. The van der Waals surface area contributed by atoms with Crippen molar-refractivity contribution >= 4 is 0 Å². The van der Waals surface area contributed by atoms with Crippen molar-refractivity contribution in [2.75, 3.05) is 6.61 Å². The number of unbranched alkanes of at least 4 members (excludes halogenated alkanes) is 21. The summed E-state index contributed by atoms with van der Waals surface area (Å²) in [5.41, 5.74) is 3.63. The van der Waals surface area contributed by atoms with E-state index in [-0.39, 0.29) is 0 Å². The van der Waals surface area contributed by atoms with E-state index in [1.807, 2.05) is 72.8 Å². The first-order chi connectivity index (χ1) is 21.8. The van der Waals surface area contributed by atoms with Gasteiger partial charge in [0.25, 0.3) is 0 Å². The fourth-order valence-electron chi connectivity index (χ4n) is 6.27. The lowest BCUT2D eigenvalue weighted by molar-refractivity contribution is 0.304. The molecule has 0 aliphatic carbocycles. The Morgan fingerprint density at radius 2 is 0.750 bits per heavy atom. The first-order valence-electron chi connectivity index (χ1n) is 18.4. The van der Waals surface area contributed by atoms with E-state index in [0.717, 1.165) is 34.4 Å². The van der Waals surface area contributed by atoms with Gasteiger partial charge < -0.3 is 9.84 Å². The van der Waals surface area contributed by atoms with Crippen molar-refractivity contribution in [1.82, 2.24) is 0 Å². The molecule has 0 heterocycles. The van der Waals surface area contributed by atoms with E-state index in [2.05, 4.69) is 6.92 Å². The van der Waals surface area contributed by atoms with Crippen LogP contribution in [0.2, 0.25) is 0 Å². The van der Waals surface area contributed by atoms with Crippen molar-refractivity contribution in [3.8, 4) is 33.8 Å². The van der Waals surface area contributed by atoms with E-state index in [0.29, 0.717) is 12.4 Å². The molecule has 0 radical (unpaired) electrons. The van der Waals surface area contributed by atoms with Crippen molar-refractivity contribution < 1.29 is 9.84 Å². The number of ether oxygens (including phenoxy) is 1. The fraction of sp³-hybridized carbons (Fsp3) is 0.571. The van der Waals surface area contributed by atoms with Gasteiger partial charge in [-0.25, -0.2) is 0 Å². The van der Waals surface area contributed by atoms with E-state index in [4.69, 9.17) is 4.74 Å². The highest BCUT2D eigenvalue weighted by Gasteiger charge is 2.14. The zero-order valence-corrected chi connectivity index (χ0v) is 28.0. The second-order valence-corrected chi connectivity index (χ2v) is 12.9. The molecule has 0 aliphatic heterocycles. The van der Waals surface area contributed by atoms with E-state index >= 15 is 0 Å². The van der Waals surface area contributed by atoms with E-state index in [1.54, 1.807) is 0 Å². The second kappa shape index (κ2) is 23.6. The van der Waals surface area contributed by atoms with Gasteiger partial charge in [-0.1, -0.05) is 202 Å². The van der Waals surface area contributed by atoms with Crippen LogP contribution in [0.4, 0.5) is 0 Å². The van der Waals surface area contributed by atoms with Crippen LogP contribution in [0, 0.1) is 0 Å². The van der Waals surface area contributed by atoms with Gasteiger partial charge in [0, 0.05) is 11.1 Å². The van der Waals surface area contributed by atoms with Gasteiger partial charge in [0.05, 0.1) is 6.61 Å². The smallest absolute Gasteiger partial charge is 0.131 e. The Morgan fingerprint density at radius 3 is 1.09 bits per heavy atom. The third-order valence-corrected chi connectivity index (χ3v) is 9.02. The summed E-state index contributed by atoms with van der Waals surface area (Å²) < 4.78 is 6.22. The molecule has 0 aromatic heterocycles. The van der Waals surface area contributed by atoms with Crippen LogP contribution in [0.1, 0.15) is 148 Å². The van der Waals surface area contributed by atoms with Crippen LogP contribution in [0.15, 0.2) is 72.8 Å². The van der Waals surface area contributed by atoms with Crippen LogP contribution in [0.25, 0.3) is 22.3 Å². The molecule has 0 spiro atoms. The average molecular weight is 599 g/mol. The molecule has 0 saturated heterocycles. The monoisotopic (exact) mass is 598 g/mol. The van der Waals surface area contributed by atoms with Crippen molar-refractivity contribution in [3.05, 3.63) is 72.8 Å². The summed E-state index contributed by atoms with van der Waals surface area (Å²) in [5.74, 6) is 1.13. The molecule has 0 fully saturated rings. The summed E-state index contributed by atoms with van der Waals surface area (Å²) in [6.45, 7) is 3.01. The van der Waals surface area contributed by atoms with Crippen LogP contribution < -0.4 is 4.74 Å². The highest BCUT2D eigenvalue weighted by molar-refractivity contribution is 5.83. The molecular weight excluding hydrogens is 536 g/mol. The predicted molar refractivity (Wildman–Crippen MR) is 192 cm³/mol. The highest BCUT2D eigenvalue weighted by Crippen LogP contribution is 2.41. The number of phenolic OH excluding ortho intramolecular Hbond substituents is 1. The van der Waals surface area contributed by atoms with Crippen molar-refractivity contribution in [2.45, 2.75) is 148 Å². The zero-order valence-electron chi connectivity index (χ0n) is 28.0. The van der Waals surface area contributed by atoms with E-state index in [1.165, 1.54) is 135 Å². The Hall–Kier alpha value is -2.74. The third-order valence-electron chi connectivity index (χ3n) is 9.02. The summed E-state index contributed by atoms with van der Waals surface area (Å²) in [6.07, 6.45) is 30.8. The molecule has 3 aromatic rings. The van der Waals surface area contributed by atoms with Crippen molar-refractivity contribution in [1.29, 1.82) is 0 Å². The topological polar surface area (TPSA) is 29.5 Å². The average Bonchev–Trinajstić information content (AvgIpc) is 3.06. The molecule has 0 aliphatic rings. The number of benzene rings is 3. The standard InChI is InChI=1S/C42H62O2/c1-2-3-4-5-6-7-8-9-10-11-12-13-14-15-16-17-18-19-20-21-22-29-34-44-39-35-40(37-30-25-23-26-31-37)42(43)41(36-39)38-32-27-24-28-33-38/h23-28,30-33,35-36,43H,2-22,29,34H2,1H3. The first-order valence-corrected chi connectivity index (χ1v) is 18.4. The van der Waals surface area contributed by atoms with Gasteiger partial charge in [-0.05, 0) is 29.7 Å². The number of hydrogen-bond donors (Lipinski definition) is 1. The Morgan fingerprint density at radius 1 is 0.432 bits per heavy atom. The quantitative estimate of drug-likeness (QED) is 0.0931. The molecule has 0 saturated carbocycles. The molecule has 2 nitrogen and oxygen atoms in total. The Labute approximate surface area is 270 Å². The van der Waals surface area contributed by atoms with E-state index in [9.17, 15) is 5.11 Å². The molecule has 1 N–H and O–H groups in total. The minimum absolute atomic E-state index is 0.305. The Kier molecular flexibility index (Phi) is 19.2. The van der Waals surface area contributed by atoms with Crippen LogP contribution in [0.3, 0.4) is 0 Å². The van der Waals surface area contributed by atoms with Crippen LogP contribution in [-0.4, -0.2) is 11.7 Å². The Bertz CT molecular complexity index is 1030. The minimum atomic E-state index is 0.305. The summed E-state index contributed by atoms with van der Waals surface area (Å²) >= 11 is 0. The normalized spacial score (nSPS) is 11.2. The first kappa shape index (κ1) is 35.7. The Balaban J connectivity index is 1.17. The summed E-state index contributed by atoms with van der Waals surface area (Å²) in [6, 6.07) is 24.1. The summed E-state index contributed by atoms with van der Waals surface area (Å²) in [4.78, 5) is 0. The number of phenols is 1. The third kappa shape index (κ3) is 14.8. The van der Waals surface area contributed by atoms with Gasteiger partial charge in [0.2, 0.25) is 0 Å². The highest BCUT2D eigenvalue weighted by atomic mass is 16.5. The maximum atomic E-state index is 11.1. The molecular formula is C42H62O2. The maximum absolute atomic E-state index is 11.1. The van der Waals surface area contributed by atoms with Crippen LogP contribution >= 0.6 is 0 Å². The van der Waals surface area contributed by atoms with E-state index < -0.39 is 0 Å². The lowest BCUT2D eigenvalue weighted by Crippen LogP contribution is -1.98. The van der Waals surface area contributed by atoms with Gasteiger partial charge in [-0.15, -0.1) is 0 Å². The van der Waals surface area contributed by atoms with Gasteiger partial charge in [0.1, 0.15) is 11.5 Å². The van der Waals surface area contributed by atoms with Gasteiger partial charge in [0.15, 0.2) is 0 Å². The largest absolute Gasteiger partial charge is 0.507 e. The van der Waals surface area contributed by atoms with Gasteiger partial charge in [-0.2, -0.15) is 0 Å². The van der Waals surface area contributed by atoms with Crippen LogP contribution in [0.5, 0.6) is 11.5 Å². The molecule has 0 bridgehead atoms. The van der Waals surface area contributed by atoms with Gasteiger partial charge in [-0.3, -0.25) is 0 Å². The lowest BCUT2D eigenvalue weighted by Gasteiger charge is -2.15. The maximum Gasteiger partial charge on any atom is 0.131 e. The summed E-state index contributed by atoms with van der Waals surface area (Å²) in [7, 11) is 0. The molecule has 0 atom stereocenters. The predicted octanol–water partition coefficient (Wildman–Crippen LogP) is 13.7. The van der Waals surface area contributed by atoms with Gasteiger partial charge >= 0.3 is 0 Å². The fourth-order valence-corrected chi connectivity index (χ4v) is 6.27. The zero-order chi connectivity index (χ0) is 30.9. The van der Waals surface area contributed by atoms with Crippen LogP contribution in [-0.2, 0) is 0 Å². The SMILES string of the molecule is CCCCCCCCCCCCCCCCCCCCCCCCOc1cc(-c2ccccc2)c(O)c(-c2ccccc2)c1. The molecule has 0 amide bonds. The molecule has 0 unspecified atom stereocenters. The number of aromatic hydroxyl groups is 1.